The van der Waals surface area contributed by atoms with Crippen LogP contribution in [0.15, 0.2) is 24.8 Å². The van der Waals surface area contributed by atoms with Crippen LogP contribution in [-0.2, 0) is 6.54 Å². The number of carboxylic acid groups (broad SMARTS) is 1. The molecule has 2 heterocycles. The highest BCUT2D eigenvalue weighted by Crippen LogP contribution is 2.29. The Labute approximate surface area is 114 Å². The van der Waals surface area contributed by atoms with Crippen LogP contribution in [0.5, 0.6) is 5.06 Å². The number of halogens is 1. The molecular weight excluding hydrogens is 276 g/mol. The van der Waals surface area contributed by atoms with Gasteiger partial charge in [-0.05, 0) is 13.0 Å². The van der Waals surface area contributed by atoms with Crippen molar-refractivity contribution < 1.29 is 14.6 Å². The molecule has 0 atom stereocenters. The molecule has 0 spiro atoms. The summed E-state index contributed by atoms with van der Waals surface area (Å²) < 4.78 is 7.45. The van der Waals surface area contributed by atoms with E-state index >= 15 is 0 Å². The van der Waals surface area contributed by atoms with Crippen molar-refractivity contribution in [2.45, 2.75) is 13.5 Å². The third-order valence-electron chi connectivity index (χ3n) is 2.22. The molecule has 5 nitrogen and oxygen atoms in total. The predicted molar refractivity (Wildman–Crippen MR) is 71.0 cm³/mol. The van der Waals surface area contributed by atoms with Gasteiger partial charge in [-0.1, -0.05) is 11.3 Å². The minimum atomic E-state index is -0.914. The molecule has 0 amide bonds. The van der Waals surface area contributed by atoms with E-state index in [4.69, 9.17) is 9.84 Å². The number of thiophene rings is 1. The Hall–Kier alpha value is -1.53. The van der Waals surface area contributed by atoms with Gasteiger partial charge in [-0.2, -0.15) is 0 Å². The van der Waals surface area contributed by atoms with Crippen LogP contribution >= 0.6 is 23.7 Å². The van der Waals surface area contributed by atoms with Crippen molar-refractivity contribution in [3.63, 3.8) is 0 Å². The van der Waals surface area contributed by atoms with Gasteiger partial charge in [-0.3, -0.25) is 0 Å². The maximum atomic E-state index is 10.8. The normalized spacial score (nSPS) is 9.83. The van der Waals surface area contributed by atoms with Gasteiger partial charge in [-0.15, -0.1) is 12.4 Å². The third-order valence-corrected chi connectivity index (χ3v) is 3.36. The van der Waals surface area contributed by atoms with Crippen LogP contribution in [0, 0.1) is 6.92 Å². The lowest BCUT2D eigenvalue weighted by atomic mass is 10.3. The minimum absolute atomic E-state index is 0. The molecule has 0 bridgehead atoms. The predicted octanol–water partition coefficient (Wildman–Crippen LogP) is 2.45. The Morgan fingerprint density at radius 3 is 2.94 bits per heavy atom. The molecule has 0 aliphatic carbocycles. The first-order valence-corrected chi connectivity index (χ1v) is 5.90. The number of ether oxygens (including phenoxy) is 1. The van der Waals surface area contributed by atoms with E-state index in [-0.39, 0.29) is 12.4 Å². The van der Waals surface area contributed by atoms with Crippen molar-refractivity contribution in [3.8, 4) is 5.06 Å². The summed E-state index contributed by atoms with van der Waals surface area (Å²) in [5, 5.41) is 9.51. The summed E-state index contributed by atoms with van der Waals surface area (Å²) in [6.45, 7) is 3.03. The van der Waals surface area contributed by atoms with E-state index < -0.39 is 5.97 Å². The molecule has 0 aromatic carbocycles. The van der Waals surface area contributed by atoms with Gasteiger partial charge >= 0.3 is 5.97 Å². The molecule has 7 heteroatoms. The van der Waals surface area contributed by atoms with Crippen molar-refractivity contribution in [2.75, 3.05) is 6.61 Å². The summed E-state index contributed by atoms with van der Waals surface area (Å²) >= 11 is 1.16. The summed E-state index contributed by atoms with van der Waals surface area (Å²) in [5.41, 5.74) is 0.859. The molecule has 0 radical (unpaired) electrons. The standard InChI is InChI=1S/C11H12N2O3S.ClH/c1-8-6-9(10(14)15)17-11(8)16-5-4-13-3-2-12-7-13;/h2-3,6-7H,4-5H2,1H3,(H,14,15);1H. The Balaban J connectivity index is 0.00000162. The molecule has 0 saturated heterocycles. The molecule has 0 aliphatic heterocycles. The number of aromatic nitrogens is 2. The zero-order valence-corrected chi connectivity index (χ0v) is 11.3. The molecule has 2 rings (SSSR count). The van der Waals surface area contributed by atoms with E-state index in [9.17, 15) is 4.79 Å². The number of nitrogens with zero attached hydrogens (tertiary/aromatic N) is 2. The maximum absolute atomic E-state index is 10.8. The van der Waals surface area contributed by atoms with Crippen LogP contribution in [-0.4, -0.2) is 27.2 Å². The number of carboxylic acids is 1. The highest BCUT2D eigenvalue weighted by atomic mass is 35.5. The molecule has 0 saturated carbocycles. The van der Waals surface area contributed by atoms with E-state index in [2.05, 4.69) is 4.98 Å². The second-order valence-corrected chi connectivity index (χ2v) is 4.55. The molecular formula is C11H13ClN2O3S. The second-order valence-electron chi connectivity index (χ2n) is 3.54. The summed E-state index contributed by atoms with van der Waals surface area (Å²) in [4.78, 5) is 15.0. The van der Waals surface area contributed by atoms with Gasteiger partial charge in [0.15, 0.2) is 5.06 Å². The van der Waals surface area contributed by atoms with Gasteiger partial charge in [0.05, 0.1) is 12.9 Å². The van der Waals surface area contributed by atoms with Gasteiger partial charge in [0.2, 0.25) is 0 Å². The van der Waals surface area contributed by atoms with E-state index in [0.29, 0.717) is 23.1 Å². The average molecular weight is 289 g/mol. The van der Waals surface area contributed by atoms with Gasteiger partial charge in [0.25, 0.3) is 0 Å². The van der Waals surface area contributed by atoms with Crippen molar-refractivity contribution >= 4 is 29.7 Å². The SMILES string of the molecule is Cc1cc(C(=O)O)sc1OCCn1ccnc1.Cl. The van der Waals surface area contributed by atoms with Crippen LogP contribution in [0.3, 0.4) is 0 Å². The van der Waals surface area contributed by atoms with Crippen molar-refractivity contribution in [3.05, 3.63) is 35.2 Å². The van der Waals surface area contributed by atoms with Crippen LogP contribution in [0.25, 0.3) is 0 Å². The van der Waals surface area contributed by atoms with Crippen LogP contribution in [0.1, 0.15) is 15.2 Å². The van der Waals surface area contributed by atoms with E-state index in [1.54, 1.807) is 18.6 Å². The zero-order chi connectivity index (χ0) is 12.3. The fourth-order valence-corrected chi connectivity index (χ4v) is 2.26. The van der Waals surface area contributed by atoms with Crippen molar-refractivity contribution in [1.82, 2.24) is 9.55 Å². The van der Waals surface area contributed by atoms with Gasteiger partial charge in [0, 0.05) is 18.0 Å². The molecule has 18 heavy (non-hydrogen) atoms. The fraction of sp³-hybridized carbons (Fsp3) is 0.273. The fourth-order valence-electron chi connectivity index (χ4n) is 1.38. The van der Waals surface area contributed by atoms with Gasteiger partial charge < -0.3 is 14.4 Å². The number of imidazole rings is 1. The number of hydrogen-bond donors (Lipinski definition) is 1. The van der Waals surface area contributed by atoms with Crippen LogP contribution < -0.4 is 4.74 Å². The molecule has 1 N–H and O–H groups in total. The smallest absolute Gasteiger partial charge is 0.346 e. The largest absolute Gasteiger partial charge is 0.482 e. The lowest BCUT2D eigenvalue weighted by molar-refractivity contribution is 0.0702. The van der Waals surface area contributed by atoms with Crippen molar-refractivity contribution in [2.24, 2.45) is 0 Å². The quantitative estimate of drug-likeness (QED) is 0.918. The van der Waals surface area contributed by atoms with E-state index in [1.807, 2.05) is 17.7 Å². The van der Waals surface area contributed by atoms with Gasteiger partial charge in [-0.25, -0.2) is 9.78 Å². The van der Waals surface area contributed by atoms with Crippen LogP contribution in [0.4, 0.5) is 0 Å². The number of hydrogen-bond acceptors (Lipinski definition) is 4. The molecule has 98 valence electrons. The number of aryl methyl sites for hydroxylation is 1. The first kappa shape index (κ1) is 14.5. The van der Waals surface area contributed by atoms with Gasteiger partial charge in [0.1, 0.15) is 11.5 Å². The highest BCUT2D eigenvalue weighted by Gasteiger charge is 2.11. The first-order chi connectivity index (χ1) is 8.16. The van der Waals surface area contributed by atoms with E-state index in [1.165, 1.54) is 0 Å². The highest BCUT2D eigenvalue weighted by molar-refractivity contribution is 7.15. The Morgan fingerprint density at radius 1 is 1.61 bits per heavy atom. The molecule has 2 aromatic rings. The van der Waals surface area contributed by atoms with Crippen molar-refractivity contribution in [1.29, 1.82) is 0 Å². The molecule has 0 fully saturated rings. The maximum Gasteiger partial charge on any atom is 0.346 e. The third kappa shape index (κ3) is 3.48. The summed E-state index contributed by atoms with van der Waals surface area (Å²) in [6.07, 6.45) is 5.28. The van der Waals surface area contributed by atoms with E-state index in [0.717, 1.165) is 16.9 Å². The minimum Gasteiger partial charge on any atom is -0.482 e. The Morgan fingerprint density at radius 2 is 2.39 bits per heavy atom. The number of aromatic carboxylic acids is 1. The molecule has 2 aromatic heterocycles. The molecule has 0 unspecified atom stereocenters. The Bertz CT molecular complexity index is 510. The monoisotopic (exact) mass is 288 g/mol. The summed E-state index contributed by atoms with van der Waals surface area (Å²) in [6, 6.07) is 1.62. The lowest BCUT2D eigenvalue weighted by Gasteiger charge is -2.04. The topological polar surface area (TPSA) is 64.3 Å². The first-order valence-electron chi connectivity index (χ1n) is 5.09. The molecule has 0 aliphatic rings. The van der Waals surface area contributed by atoms with Crippen LogP contribution in [0.2, 0.25) is 0 Å². The zero-order valence-electron chi connectivity index (χ0n) is 9.70. The lowest BCUT2D eigenvalue weighted by Crippen LogP contribution is -2.06. The number of rotatable bonds is 5. The summed E-state index contributed by atoms with van der Waals surface area (Å²) in [5.74, 6) is -0.914. The average Bonchev–Trinajstić information content (AvgIpc) is 2.89. The second kappa shape index (κ2) is 6.42. The Kier molecular flexibility index (Phi) is 5.18. The number of carbonyl (C=O) groups is 1. The summed E-state index contributed by atoms with van der Waals surface area (Å²) in [7, 11) is 0.